The molecule has 0 bridgehead atoms. The average Bonchev–Trinajstić information content (AvgIpc) is 2.37. The first kappa shape index (κ1) is 17.4. The molecule has 1 heteroatoms. The predicted molar refractivity (Wildman–Crippen MR) is 94.9 cm³/mol. The van der Waals surface area contributed by atoms with Crippen LogP contribution in [0.1, 0.15) is 53.9 Å². The highest BCUT2D eigenvalue weighted by molar-refractivity contribution is 5.69. The van der Waals surface area contributed by atoms with Crippen LogP contribution in [0.5, 0.6) is 0 Å². The van der Waals surface area contributed by atoms with Crippen LogP contribution in [0, 0.1) is 10.8 Å². The molecule has 0 heterocycles. The van der Waals surface area contributed by atoms with Gasteiger partial charge in [0.05, 0.1) is 0 Å². The van der Waals surface area contributed by atoms with Gasteiger partial charge in [-0.2, -0.15) is 0 Å². The monoisotopic (exact) mass is 283 g/mol. The largest absolute Gasteiger partial charge is 0.309 e. The van der Waals surface area contributed by atoms with E-state index in [4.69, 9.17) is 5.41 Å². The van der Waals surface area contributed by atoms with Crippen molar-refractivity contribution in [3.8, 4) is 0 Å². The molecule has 0 spiro atoms. The Kier molecular flexibility index (Phi) is 6.61. The van der Waals surface area contributed by atoms with Crippen LogP contribution in [0.25, 0.3) is 0 Å². The summed E-state index contributed by atoms with van der Waals surface area (Å²) in [6, 6.07) is 0. The highest BCUT2D eigenvalue weighted by Gasteiger charge is 2.26. The Hall–Kier alpha value is -1.63. The van der Waals surface area contributed by atoms with Crippen molar-refractivity contribution in [2.24, 2.45) is 5.41 Å². The molecule has 1 aliphatic rings. The van der Waals surface area contributed by atoms with Crippen LogP contribution in [0.2, 0.25) is 0 Å². The summed E-state index contributed by atoms with van der Waals surface area (Å²) >= 11 is 0. The molecule has 0 aromatic heterocycles. The van der Waals surface area contributed by atoms with Gasteiger partial charge in [-0.25, -0.2) is 0 Å². The molecule has 21 heavy (non-hydrogen) atoms. The zero-order valence-corrected chi connectivity index (χ0v) is 14.2. The molecule has 0 saturated heterocycles. The van der Waals surface area contributed by atoms with Crippen LogP contribution in [0.4, 0.5) is 0 Å². The van der Waals surface area contributed by atoms with E-state index in [2.05, 4.69) is 45.9 Å². The van der Waals surface area contributed by atoms with Gasteiger partial charge in [0.2, 0.25) is 0 Å². The van der Waals surface area contributed by atoms with Gasteiger partial charge in [-0.15, -0.1) is 0 Å². The van der Waals surface area contributed by atoms with Crippen molar-refractivity contribution in [1.82, 2.24) is 0 Å². The number of rotatable bonds is 5. The summed E-state index contributed by atoms with van der Waals surface area (Å²) in [6.45, 7) is 11.1. The highest BCUT2D eigenvalue weighted by Crippen LogP contribution is 2.40. The Bertz CT molecular complexity index is 522. The number of hydrogen-bond acceptors (Lipinski definition) is 1. The molecule has 0 aromatic carbocycles. The SMILES string of the molecule is CC(C=CC=C(C)C=CC1=C(C)CCCC1(C)C)=CC=N. The highest BCUT2D eigenvalue weighted by atomic mass is 14.3. The molecule has 0 fully saturated rings. The molecule has 1 rings (SSSR count). The Morgan fingerprint density at radius 2 is 1.76 bits per heavy atom. The first-order valence-electron chi connectivity index (χ1n) is 7.77. The fourth-order valence-corrected chi connectivity index (χ4v) is 2.82. The van der Waals surface area contributed by atoms with E-state index in [0.29, 0.717) is 5.41 Å². The molecular formula is C20H29N. The molecule has 1 aliphatic carbocycles. The minimum Gasteiger partial charge on any atom is -0.309 e. The molecule has 0 amide bonds. The van der Waals surface area contributed by atoms with Gasteiger partial charge in [0.25, 0.3) is 0 Å². The van der Waals surface area contributed by atoms with E-state index in [1.807, 2.05) is 19.1 Å². The lowest BCUT2D eigenvalue weighted by molar-refractivity contribution is 0.377. The fraction of sp³-hybridized carbons (Fsp3) is 0.450. The average molecular weight is 283 g/mol. The van der Waals surface area contributed by atoms with Crippen molar-refractivity contribution in [3.63, 3.8) is 0 Å². The summed E-state index contributed by atoms with van der Waals surface area (Å²) in [4.78, 5) is 0. The van der Waals surface area contributed by atoms with E-state index in [1.165, 1.54) is 42.2 Å². The fourth-order valence-electron chi connectivity index (χ4n) is 2.82. The van der Waals surface area contributed by atoms with Crippen LogP contribution in [0.3, 0.4) is 0 Å². The molecular weight excluding hydrogens is 254 g/mol. The van der Waals surface area contributed by atoms with Gasteiger partial charge in [0.15, 0.2) is 0 Å². The molecule has 0 aromatic rings. The third kappa shape index (κ3) is 5.71. The van der Waals surface area contributed by atoms with E-state index < -0.39 is 0 Å². The zero-order valence-electron chi connectivity index (χ0n) is 14.2. The molecule has 0 radical (unpaired) electrons. The van der Waals surface area contributed by atoms with Crippen LogP contribution in [0.15, 0.2) is 58.7 Å². The first-order valence-corrected chi connectivity index (χ1v) is 7.77. The van der Waals surface area contributed by atoms with Crippen LogP contribution >= 0.6 is 0 Å². The van der Waals surface area contributed by atoms with Crippen LogP contribution in [-0.4, -0.2) is 6.21 Å². The Balaban J connectivity index is 2.80. The van der Waals surface area contributed by atoms with Gasteiger partial charge in [-0.1, -0.05) is 55.4 Å². The van der Waals surface area contributed by atoms with Crippen LogP contribution in [-0.2, 0) is 0 Å². The van der Waals surface area contributed by atoms with E-state index in [9.17, 15) is 0 Å². The third-order valence-corrected chi connectivity index (χ3v) is 4.12. The molecule has 0 saturated carbocycles. The molecule has 1 N–H and O–H groups in total. The smallest absolute Gasteiger partial charge is 0.0180 e. The van der Waals surface area contributed by atoms with Crippen molar-refractivity contribution in [2.75, 3.05) is 0 Å². The van der Waals surface area contributed by atoms with Crippen molar-refractivity contribution >= 4 is 6.21 Å². The molecule has 0 aliphatic heterocycles. The van der Waals surface area contributed by atoms with E-state index in [-0.39, 0.29) is 0 Å². The quantitative estimate of drug-likeness (QED) is 0.461. The summed E-state index contributed by atoms with van der Waals surface area (Å²) in [7, 11) is 0. The minimum atomic E-state index is 0.304. The lowest BCUT2D eigenvalue weighted by Gasteiger charge is -2.32. The predicted octanol–water partition coefficient (Wildman–Crippen LogP) is 6.17. The normalized spacial score (nSPS) is 20.6. The summed E-state index contributed by atoms with van der Waals surface area (Å²) in [5, 5.41) is 7.02. The Labute approximate surface area is 130 Å². The van der Waals surface area contributed by atoms with E-state index in [1.54, 1.807) is 6.08 Å². The molecule has 0 unspecified atom stereocenters. The summed E-state index contributed by atoms with van der Waals surface area (Å²) < 4.78 is 0. The lowest BCUT2D eigenvalue weighted by Crippen LogP contribution is -2.19. The summed E-state index contributed by atoms with van der Waals surface area (Å²) in [5.74, 6) is 0. The number of allylic oxidation sites excluding steroid dienone is 10. The Morgan fingerprint density at radius 1 is 1.10 bits per heavy atom. The van der Waals surface area contributed by atoms with Crippen molar-refractivity contribution in [3.05, 3.63) is 58.7 Å². The number of hydrogen-bond donors (Lipinski definition) is 1. The Morgan fingerprint density at radius 3 is 2.38 bits per heavy atom. The van der Waals surface area contributed by atoms with Gasteiger partial charge in [0, 0.05) is 6.21 Å². The molecule has 114 valence electrons. The maximum absolute atomic E-state index is 7.02. The maximum Gasteiger partial charge on any atom is 0.0180 e. The van der Waals surface area contributed by atoms with Crippen molar-refractivity contribution in [1.29, 1.82) is 5.41 Å². The van der Waals surface area contributed by atoms with Gasteiger partial charge in [-0.3, -0.25) is 0 Å². The third-order valence-electron chi connectivity index (χ3n) is 4.12. The topological polar surface area (TPSA) is 23.9 Å². The zero-order chi connectivity index (χ0) is 15.9. The lowest BCUT2D eigenvalue weighted by atomic mass is 9.72. The van der Waals surface area contributed by atoms with E-state index >= 15 is 0 Å². The van der Waals surface area contributed by atoms with Crippen molar-refractivity contribution < 1.29 is 0 Å². The molecule has 1 nitrogen and oxygen atoms in total. The second-order valence-corrected chi connectivity index (χ2v) is 6.61. The maximum atomic E-state index is 7.02. The van der Waals surface area contributed by atoms with Gasteiger partial charge in [-0.05, 0) is 62.7 Å². The van der Waals surface area contributed by atoms with Gasteiger partial charge >= 0.3 is 0 Å². The number of nitrogens with one attached hydrogen (secondary N) is 1. The summed E-state index contributed by atoms with van der Waals surface area (Å²) in [6.07, 6.45) is 17.6. The van der Waals surface area contributed by atoms with E-state index in [0.717, 1.165) is 5.57 Å². The standard InChI is InChI=1S/C20H29N/c1-16(8-6-9-17(2)13-15-21)11-12-19-18(3)10-7-14-20(19,4)5/h6,8-9,11-13,15,21H,7,10,14H2,1-5H3. The molecule has 0 atom stereocenters. The first-order chi connectivity index (χ1) is 9.86. The van der Waals surface area contributed by atoms with Gasteiger partial charge < -0.3 is 5.41 Å². The minimum absolute atomic E-state index is 0.304. The van der Waals surface area contributed by atoms with Crippen molar-refractivity contribution in [2.45, 2.75) is 53.9 Å². The van der Waals surface area contributed by atoms with Gasteiger partial charge in [0.1, 0.15) is 0 Å². The van der Waals surface area contributed by atoms with Crippen LogP contribution < -0.4 is 0 Å². The second-order valence-electron chi connectivity index (χ2n) is 6.61. The second kappa shape index (κ2) is 7.97. The summed E-state index contributed by atoms with van der Waals surface area (Å²) in [5.41, 5.74) is 5.68.